The van der Waals surface area contributed by atoms with E-state index in [0.717, 1.165) is 11.1 Å². The van der Waals surface area contributed by atoms with Gasteiger partial charge in [-0.25, -0.2) is 0 Å². The Morgan fingerprint density at radius 2 is 1.76 bits per heavy atom. The summed E-state index contributed by atoms with van der Waals surface area (Å²) >= 11 is 3.23. The molecule has 0 atom stereocenters. The predicted molar refractivity (Wildman–Crippen MR) is 70.6 cm³/mol. The summed E-state index contributed by atoms with van der Waals surface area (Å²) in [6.45, 7) is 0. The number of nitro groups is 1. The molecule has 0 aromatic heterocycles. The van der Waals surface area contributed by atoms with Crippen molar-refractivity contribution in [3.8, 4) is 11.1 Å². The SMILES string of the molecule is Nc1c(Br)cc(-c2ccccc2)cc1[N+](=O)[O-]. The van der Waals surface area contributed by atoms with Crippen molar-refractivity contribution < 1.29 is 4.92 Å². The van der Waals surface area contributed by atoms with E-state index in [-0.39, 0.29) is 11.4 Å². The van der Waals surface area contributed by atoms with Crippen molar-refractivity contribution in [3.63, 3.8) is 0 Å². The van der Waals surface area contributed by atoms with E-state index in [1.807, 2.05) is 30.3 Å². The zero-order valence-corrected chi connectivity index (χ0v) is 10.3. The molecule has 0 aliphatic carbocycles. The van der Waals surface area contributed by atoms with Crippen molar-refractivity contribution in [2.75, 3.05) is 5.73 Å². The van der Waals surface area contributed by atoms with Crippen LogP contribution in [0.4, 0.5) is 11.4 Å². The van der Waals surface area contributed by atoms with Crippen molar-refractivity contribution in [1.29, 1.82) is 0 Å². The first-order valence-electron chi connectivity index (χ1n) is 4.88. The van der Waals surface area contributed by atoms with Crippen LogP contribution in [-0.2, 0) is 0 Å². The van der Waals surface area contributed by atoms with E-state index >= 15 is 0 Å². The Morgan fingerprint density at radius 1 is 1.12 bits per heavy atom. The van der Waals surface area contributed by atoms with Crippen LogP contribution in [0.1, 0.15) is 0 Å². The molecule has 0 aliphatic rings. The Morgan fingerprint density at radius 3 is 2.35 bits per heavy atom. The van der Waals surface area contributed by atoms with E-state index in [9.17, 15) is 10.1 Å². The van der Waals surface area contributed by atoms with Gasteiger partial charge in [-0.1, -0.05) is 30.3 Å². The van der Waals surface area contributed by atoms with Crippen LogP contribution < -0.4 is 5.73 Å². The molecule has 86 valence electrons. The predicted octanol–water partition coefficient (Wildman–Crippen LogP) is 3.61. The lowest BCUT2D eigenvalue weighted by atomic mass is 10.0. The Hall–Kier alpha value is -1.88. The second kappa shape index (κ2) is 4.55. The lowest BCUT2D eigenvalue weighted by molar-refractivity contribution is -0.383. The normalized spacial score (nSPS) is 10.2. The standard InChI is InChI=1S/C12H9BrN2O2/c13-10-6-9(8-4-2-1-3-5-8)7-11(12(10)14)15(16)17/h1-7H,14H2. The number of nitrogen functional groups attached to an aromatic ring is 1. The monoisotopic (exact) mass is 292 g/mol. The van der Waals surface area contributed by atoms with E-state index in [1.165, 1.54) is 6.07 Å². The average molecular weight is 293 g/mol. The summed E-state index contributed by atoms with van der Waals surface area (Å²) in [6.07, 6.45) is 0. The third-order valence-corrected chi connectivity index (χ3v) is 3.07. The molecule has 0 aliphatic heterocycles. The molecule has 0 bridgehead atoms. The lowest BCUT2D eigenvalue weighted by Gasteiger charge is -2.05. The third-order valence-electron chi connectivity index (χ3n) is 2.41. The quantitative estimate of drug-likeness (QED) is 0.522. The molecule has 2 rings (SSSR count). The first-order chi connectivity index (χ1) is 8.09. The molecule has 17 heavy (non-hydrogen) atoms. The minimum Gasteiger partial charge on any atom is -0.392 e. The van der Waals surface area contributed by atoms with Crippen LogP contribution in [0.2, 0.25) is 0 Å². The molecule has 4 nitrogen and oxygen atoms in total. The summed E-state index contributed by atoms with van der Waals surface area (Å²) in [6, 6.07) is 12.7. The van der Waals surface area contributed by atoms with Gasteiger partial charge in [0.05, 0.1) is 4.92 Å². The molecule has 5 heteroatoms. The summed E-state index contributed by atoms with van der Waals surface area (Å²) in [4.78, 5) is 10.4. The van der Waals surface area contributed by atoms with Crippen molar-refractivity contribution in [1.82, 2.24) is 0 Å². The van der Waals surface area contributed by atoms with Gasteiger partial charge in [0, 0.05) is 10.5 Å². The first kappa shape index (κ1) is 11.6. The molecular formula is C12H9BrN2O2. The van der Waals surface area contributed by atoms with Crippen LogP contribution in [0.25, 0.3) is 11.1 Å². The Bertz CT molecular complexity index is 570. The maximum absolute atomic E-state index is 10.9. The third kappa shape index (κ3) is 2.29. The molecule has 2 aromatic carbocycles. The van der Waals surface area contributed by atoms with Crippen LogP contribution >= 0.6 is 15.9 Å². The first-order valence-corrected chi connectivity index (χ1v) is 5.67. The van der Waals surface area contributed by atoms with Crippen molar-refractivity contribution in [2.45, 2.75) is 0 Å². The lowest BCUT2D eigenvalue weighted by Crippen LogP contribution is -1.97. The van der Waals surface area contributed by atoms with Crippen LogP contribution in [0, 0.1) is 10.1 Å². The minimum absolute atomic E-state index is 0.0850. The number of hydrogen-bond donors (Lipinski definition) is 1. The maximum atomic E-state index is 10.9. The highest BCUT2D eigenvalue weighted by Gasteiger charge is 2.16. The number of anilines is 1. The van der Waals surface area contributed by atoms with Crippen molar-refractivity contribution in [2.24, 2.45) is 0 Å². The zero-order valence-electron chi connectivity index (χ0n) is 8.76. The van der Waals surface area contributed by atoms with Gasteiger partial charge < -0.3 is 5.73 Å². The van der Waals surface area contributed by atoms with Gasteiger partial charge in [0.15, 0.2) is 0 Å². The fourth-order valence-electron chi connectivity index (χ4n) is 1.55. The van der Waals surface area contributed by atoms with Gasteiger partial charge in [-0.15, -0.1) is 0 Å². The van der Waals surface area contributed by atoms with Crippen LogP contribution in [0.5, 0.6) is 0 Å². The van der Waals surface area contributed by atoms with Gasteiger partial charge in [-0.05, 0) is 33.1 Å². The van der Waals surface area contributed by atoms with Crippen LogP contribution in [0.15, 0.2) is 46.9 Å². The number of nitro benzene ring substituents is 1. The highest BCUT2D eigenvalue weighted by Crippen LogP contribution is 2.35. The van der Waals surface area contributed by atoms with E-state index in [0.29, 0.717) is 4.47 Å². The second-order valence-electron chi connectivity index (χ2n) is 3.51. The summed E-state index contributed by atoms with van der Waals surface area (Å²) in [5.41, 5.74) is 7.38. The molecule has 2 aromatic rings. The number of hydrogen-bond acceptors (Lipinski definition) is 3. The van der Waals surface area contributed by atoms with Crippen molar-refractivity contribution in [3.05, 3.63) is 57.1 Å². The van der Waals surface area contributed by atoms with Crippen molar-refractivity contribution >= 4 is 27.3 Å². The smallest absolute Gasteiger partial charge is 0.293 e. The fourth-order valence-corrected chi connectivity index (χ4v) is 2.00. The Kier molecular flexibility index (Phi) is 3.10. The topological polar surface area (TPSA) is 69.2 Å². The van der Waals surface area contributed by atoms with E-state index in [2.05, 4.69) is 15.9 Å². The number of halogens is 1. The van der Waals surface area contributed by atoms with Gasteiger partial charge in [0.25, 0.3) is 5.69 Å². The molecule has 2 N–H and O–H groups in total. The number of benzene rings is 2. The van der Waals surface area contributed by atoms with E-state index < -0.39 is 4.92 Å². The summed E-state index contributed by atoms with van der Waals surface area (Å²) in [5.74, 6) is 0. The molecule has 0 spiro atoms. The minimum atomic E-state index is -0.480. The van der Waals surface area contributed by atoms with Gasteiger partial charge in [-0.3, -0.25) is 10.1 Å². The molecule has 0 amide bonds. The highest BCUT2D eigenvalue weighted by molar-refractivity contribution is 9.10. The zero-order chi connectivity index (χ0) is 12.4. The molecule has 0 saturated heterocycles. The average Bonchev–Trinajstić information content (AvgIpc) is 2.33. The van der Waals surface area contributed by atoms with E-state index in [1.54, 1.807) is 6.07 Å². The Balaban J connectivity index is 2.61. The number of nitrogens with two attached hydrogens (primary N) is 1. The molecule has 0 radical (unpaired) electrons. The summed E-state index contributed by atoms with van der Waals surface area (Å²) in [5, 5.41) is 10.9. The number of rotatable bonds is 2. The summed E-state index contributed by atoms with van der Waals surface area (Å²) in [7, 11) is 0. The van der Waals surface area contributed by atoms with Gasteiger partial charge in [-0.2, -0.15) is 0 Å². The van der Waals surface area contributed by atoms with Crippen LogP contribution in [-0.4, -0.2) is 4.92 Å². The number of nitrogens with zero attached hydrogens (tertiary/aromatic N) is 1. The van der Waals surface area contributed by atoms with Gasteiger partial charge >= 0.3 is 0 Å². The Labute approximate surface area is 106 Å². The molecule has 0 fully saturated rings. The maximum Gasteiger partial charge on any atom is 0.293 e. The second-order valence-corrected chi connectivity index (χ2v) is 4.37. The largest absolute Gasteiger partial charge is 0.392 e. The van der Waals surface area contributed by atoms with Gasteiger partial charge in [0.1, 0.15) is 5.69 Å². The fraction of sp³-hybridized carbons (Fsp3) is 0. The molecule has 0 unspecified atom stereocenters. The highest BCUT2D eigenvalue weighted by atomic mass is 79.9. The molecule has 0 heterocycles. The van der Waals surface area contributed by atoms with E-state index in [4.69, 9.17) is 5.73 Å². The molecular weight excluding hydrogens is 284 g/mol. The summed E-state index contributed by atoms with van der Waals surface area (Å²) < 4.78 is 0.533. The molecule has 0 saturated carbocycles. The van der Waals surface area contributed by atoms with Crippen LogP contribution in [0.3, 0.4) is 0 Å². The van der Waals surface area contributed by atoms with Gasteiger partial charge in [0.2, 0.25) is 0 Å².